The van der Waals surface area contributed by atoms with Crippen LogP contribution in [-0.2, 0) is 0 Å². The molecular weight excluding hydrogens is 407 g/mol. The summed E-state index contributed by atoms with van der Waals surface area (Å²) in [4.78, 5) is 13.1. The molecule has 4 rings (SSSR count). The van der Waals surface area contributed by atoms with Gasteiger partial charge in [-0.3, -0.25) is 4.98 Å². The fraction of sp³-hybridized carbons (Fsp3) is 0.318. The number of para-hydroxylation sites is 2. The van der Waals surface area contributed by atoms with Gasteiger partial charge in [-0.2, -0.15) is 4.98 Å². The van der Waals surface area contributed by atoms with Crippen LogP contribution in [0.4, 0.5) is 30.6 Å². The maximum absolute atomic E-state index is 12.8. The van der Waals surface area contributed by atoms with Crippen LogP contribution in [0.5, 0.6) is 5.75 Å². The number of rotatable bonds is 6. The van der Waals surface area contributed by atoms with Gasteiger partial charge in [0.2, 0.25) is 5.95 Å². The van der Waals surface area contributed by atoms with Gasteiger partial charge in [-0.25, -0.2) is 4.98 Å². The highest BCUT2D eigenvalue weighted by atomic mass is 19.4. The molecule has 1 saturated carbocycles. The normalized spacial score (nSPS) is 14.8. The van der Waals surface area contributed by atoms with Crippen molar-refractivity contribution >= 4 is 17.5 Å². The molecule has 2 heterocycles. The van der Waals surface area contributed by atoms with E-state index in [1.54, 1.807) is 24.5 Å². The molecule has 0 aliphatic heterocycles. The van der Waals surface area contributed by atoms with Crippen molar-refractivity contribution in [3.05, 3.63) is 54.9 Å². The molecule has 31 heavy (non-hydrogen) atoms. The van der Waals surface area contributed by atoms with Gasteiger partial charge in [0.05, 0.1) is 11.4 Å². The smallest absolute Gasteiger partial charge is 0.404 e. The highest BCUT2D eigenvalue weighted by molar-refractivity contribution is 5.69. The Hall–Kier alpha value is -3.36. The second kappa shape index (κ2) is 9.20. The predicted octanol–water partition coefficient (Wildman–Crippen LogP) is 5.93. The molecule has 9 heteroatoms. The summed E-state index contributed by atoms with van der Waals surface area (Å²) < 4.78 is 42.5. The number of hydrogen-bond donors (Lipinski definition) is 2. The van der Waals surface area contributed by atoms with Gasteiger partial charge in [-0.1, -0.05) is 31.4 Å². The van der Waals surface area contributed by atoms with Crippen LogP contribution in [0, 0.1) is 0 Å². The molecule has 3 aromatic rings. The zero-order valence-corrected chi connectivity index (χ0v) is 16.7. The molecule has 1 fully saturated rings. The van der Waals surface area contributed by atoms with Crippen molar-refractivity contribution in [3.63, 3.8) is 0 Å². The third kappa shape index (κ3) is 5.84. The van der Waals surface area contributed by atoms with E-state index < -0.39 is 6.36 Å². The van der Waals surface area contributed by atoms with Gasteiger partial charge in [0.15, 0.2) is 5.75 Å². The Balaban J connectivity index is 1.66. The molecule has 162 valence electrons. The first kappa shape index (κ1) is 20.9. The van der Waals surface area contributed by atoms with Gasteiger partial charge >= 0.3 is 6.36 Å². The summed E-state index contributed by atoms with van der Waals surface area (Å²) in [6.45, 7) is 0. The predicted molar refractivity (Wildman–Crippen MR) is 112 cm³/mol. The summed E-state index contributed by atoms with van der Waals surface area (Å²) in [5.74, 6) is 0.456. The molecule has 0 saturated heterocycles. The van der Waals surface area contributed by atoms with E-state index in [0.29, 0.717) is 17.5 Å². The van der Waals surface area contributed by atoms with E-state index >= 15 is 0 Å². The van der Waals surface area contributed by atoms with E-state index in [1.165, 1.54) is 24.6 Å². The fourth-order valence-corrected chi connectivity index (χ4v) is 3.60. The van der Waals surface area contributed by atoms with Crippen LogP contribution in [-0.4, -0.2) is 27.4 Å². The molecule has 2 aromatic heterocycles. The number of nitrogens with zero attached hydrogens (tertiary/aromatic N) is 3. The first-order chi connectivity index (χ1) is 15.0. The molecule has 1 aromatic carbocycles. The number of anilines is 3. The number of aromatic nitrogens is 3. The van der Waals surface area contributed by atoms with Crippen molar-refractivity contribution in [2.24, 2.45) is 0 Å². The van der Waals surface area contributed by atoms with E-state index in [0.717, 1.165) is 31.2 Å². The van der Waals surface area contributed by atoms with Gasteiger partial charge in [-0.15, -0.1) is 13.2 Å². The number of benzene rings is 1. The summed E-state index contributed by atoms with van der Waals surface area (Å²) in [6.07, 6.45) is 4.11. The van der Waals surface area contributed by atoms with Crippen LogP contribution in [0.15, 0.2) is 54.9 Å². The minimum atomic E-state index is -4.79. The van der Waals surface area contributed by atoms with Crippen LogP contribution in [0.1, 0.15) is 32.1 Å². The number of alkyl halides is 3. The minimum absolute atomic E-state index is 0.155. The molecule has 0 spiro atoms. The lowest BCUT2D eigenvalue weighted by molar-refractivity contribution is -0.274. The maximum Gasteiger partial charge on any atom is 0.573 e. The highest BCUT2D eigenvalue weighted by Gasteiger charge is 2.32. The Bertz CT molecular complexity index is 1010. The lowest BCUT2D eigenvalue weighted by Gasteiger charge is -2.23. The third-order valence-corrected chi connectivity index (χ3v) is 5.02. The van der Waals surface area contributed by atoms with Crippen LogP contribution in [0.25, 0.3) is 11.3 Å². The van der Waals surface area contributed by atoms with E-state index in [-0.39, 0.29) is 17.5 Å². The molecular formula is C22H22F3N5O. The number of ether oxygens (including phenoxy) is 1. The summed E-state index contributed by atoms with van der Waals surface area (Å²) in [7, 11) is 0. The molecule has 0 bridgehead atoms. The SMILES string of the molecule is FC(F)(F)Oc1ccccc1Nc1cc(-c2ccncc2)nc(NC2CCCCC2)n1. The van der Waals surface area contributed by atoms with Gasteiger partial charge in [-0.05, 0) is 37.1 Å². The molecule has 0 atom stereocenters. The van der Waals surface area contributed by atoms with Crippen molar-refractivity contribution in [1.29, 1.82) is 0 Å². The molecule has 1 aliphatic carbocycles. The summed E-state index contributed by atoms with van der Waals surface area (Å²) >= 11 is 0. The number of pyridine rings is 1. The number of hydrogen-bond acceptors (Lipinski definition) is 6. The molecule has 2 N–H and O–H groups in total. The standard InChI is InChI=1S/C22H22F3N5O/c23-22(24,25)31-19-9-5-4-8-17(19)28-20-14-18(15-10-12-26-13-11-15)29-21(30-20)27-16-6-2-1-3-7-16/h4-5,8-14,16H,1-3,6-7H2,(H2,27,28,29,30). The average molecular weight is 429 g/mol. The van der Waals surface area contributed by atoms with Gasteiger partial charge in [0.1, 0.15) is 5.82 Å². The summed E-state index contributed by atoms with van der Waals surface area (Å²) in [5, 5.41) is 6.33. The Morgan fingerprint density at radius 1 is 0.935 bits per heavy atom. The van der Waals surface area contributed by atoms with Crippen molar-refractivity contribution in [2.45, 2.75) is 44.5 Å². The number of halogens is 3. The summed E-state index contributed by atoms with van der Waals surface area (Å²) in [5.41, 5.74) is 1.61. The second-order valence-corrected chi connectivity index (χ2v) is 7.35. The second-order valence-electron chi connectivity index (χ2n) is 7.35. The first-order valence-corrected chi connectivity index (χ1v) is 10.1. The summed E-state index contributed by atoms with van der Waals surface area (Å²) in [6, 6.07) is 11.4. The fourth-order valence-electron chi connectivity index (χ4n) is 3.60. The number of nitrogens with one attached hydrogen (secondary N) is 2. The average Bonchev–Trinajstić information content (AvgIpc) is 2.75. The molecule has 0 unspecified atom stereocenters. The van der Waals surface area contributed by atoms with Crippen molar-refractivity contribution < 1.29 is 17.9 Å². The van der Waals surface area contributed by atoms with Crippen molar-refractivity contribution in [3.8, 4) is 17.0 Å². The van der Waals surface area contributed by atoms with Crippen molar-refractivity contribution in [1.82, 2.24) is 15.0 Å². The maximum atomic E-state index is 12.8. The zero-order chi connectivity index (χ0) is 21.7. The topological polar surface area (TPSA) is 72.0 Å². The Labute approximate surface area is 177 Å². The van der Waals surface area contributed by atoms with E-state index in [2.05, 4.69) is 30.3 Å². The Kier molecular flexibility index (Phi) is 6.20. The van der Waals surface area contributed by atoms with Gasteiger partial charge < -0.3 is 15.4 Å². The zero-order valence-electron chi connectivity index (χ0n) is 16.7. The Morgan fingerprint density at radius 2 is 1.68 bits per heavy atom. The molecule has 6 nitrogen and oxygen atoms in total. The molecule has 0 amide bonds. The lowest BCUT2D eigenvalue weighted by atomic mass is 9.96. The van der Waals surface area contributed by atoms with Gasteiger partial charge in [0.25, 0.3) is 0 Å². The van der Waals surface area contributed by atoms with Crippen LogP contribution < -0.4 is 15.4 Å². The Morgan fingerprint density at radius 3 is 2.42 bits per heavy atom. The third-order valence-electron chi connectivity index (χ3n) is 5.02. The lowest BCUT2D eigenvalue weighted by Crippen LogP contribution is -2.23. The first-order valence-electron chi connectivity index (χ1n) is 10.1. The minimum Gasteiger partial charge on any atom is -0.404 e. The van der Waals surface area contributed by atoms with Crippen LogP contribution in [0.3, 0.4) is 0 Å². The van der Waals surface area contributed by atoms with Crippen LogP contribution in [0.2, 0.25) is 0 Å². The largest absolute Gasteiger partial charge is 0.573 e. The highest BCUT2D eigenvalue weighted by Crippen LogP contribution is 2.33. The quantitative estimate of drug-likeness (QED) is 0.506. The van der Waals surface area contributed by atoms with Gasteiger partial charge in [0, 0.05) is 30.1 Å². The van der Waals surface area contributed by atoms with E-state index in [9.17, 15) is 13.2 Å². The van der Waals surface area contributed by atoms with Crippen molar-refractivity contribution in [2.75, 3.05) is 10.6 Å². The molecule has 1 aliphatic rings. The monoisotopic (exact) mass is 429 g/mol. The van der Waals surface area contributed by atoms with E-state index in [1.807, 2.05) is 12.1 Å². The van der Waals surface area contributed by atoms with E-state index in [4.69, 9.17) is 0 Å². The van der Waals surface area contributed by atoms with Crippen LogP contribution >= 0.6 is 0 Å². The molecule has 0 radical (unpaired) electrons.